The third kappa shape index (κ3) is 3.75. The zero-order chi connectivity index (χ0) is 22.7. The van der Waals surface area contributed by atoms with Crippen LogP contribution in [-0.4, -0.2) is 50.3 Å². The third-order valence-corrected chi connectivity index (χ3v) is 5.45. The first-order valence-electron chi connectivity index (χ1n) is 10.5. The fourth-order valence-electron chi connectivity index (χ4n) is 4.48. The van der Waals surface area contributed by atoms with Crippen LogP contribution < -0.4 is 5.32 Å². The summed E-state index contributed by atoms with van der Waals surface area (Å²) in [5.41, 5.74) is 3.52. The Morgan fingerprint density at radius 1 is 1.09 bits per heavy atom. The molecule has 0 unspecified atom stereocenters. The highest BCUT2D eigenvalue weighted by Gasteiger charge is 2.33. The topological polar surface area (TPSA) is 106 Å². The fourth-order valence-corrected chi connectivity index (χ4v) is 4.48. The Morgan fingerprint density at radius 3 is 2.56 bits per heavy atom. The highest BCUT2D eigenvalue weighted by Crippen LogP contribution is 2.33. The van der Waals surface area contributed by atoms with Crippen LogP contribution in [0.3, 0.4) is 0 Å². The van der Waals surface area contributed by atoms with Crippen molar-refractivity contribution < 1.29 is 5.11 Å². The van der Waals surface area contributed by atoms with Gasteiger partial charge in [0.2, 0.25) is 5.78 Å². The Morgan fingerprint density at radius 2 is 1.88 bits per heavy atom. The minimum atomic E-state index is -0.119. The molecule has 4 aromatic heterocycles. The fraction of sp³-hybridized carbons (Fsp3) is 0.348. The zero-order valence-corrected chi connectivity index (χ0v) is 18.8. The summed E-state index contributed by atoms with van der Waals surface area (Å²) in [6.45, 7) is 10.5. The molecule has 0 spiro atoms. The monoisotopic (exact) mass is 430 g/mol. The Kier molecular flexibility index (Phi) is 4.42. The minimum Gasteiger partial charge on any atom is -0.506 e. The van der Waals surface area contributed by atoms with Crippen molar-refractivity contribution in [3.05, 3.63) is 54.6 Å². The SMILES string of the molecule is Cc1ncn(-c2cnc(-c3cn4ccc(C5=CC(C)(C)NC(C)(C)C5)nc4n3)c(O)c2)n1. The van der Waals surface area contributed by atoms with Crippen molar-refractivity contribution in [2.45, 2.75) is 52.1 Å². The van der Waals surface area contributed by atoms with Gasteiger partial charge in [0.15, 0.2) is 0 Å². The molecular formula is C23H26N8O. The Labute approximate surface area is 185 Å². The maximum Gasteiger partial charge on any atom is 0.234 e. The largest absolute Gasteiger partial charge is 0.506 e. The lowest BCUT2D eigenvalue weighted by Gasteiger charge is -2.41. The molecule has 2 N–H and O–H groups in total. The lowest BCUT2D eigenvalue weighted by Crippen LogP contribution is -2.53. The van der Waals surface area contributed by atoms with E-state index in [1.165, 1.54) is 5.57 Å². The van der Waals surface area contributed by atoms with E-state index in [-0.39, 0.29) is 16.8 Å². The number of aromatic nitrogens is 7. The first-order valence-corrected chi connectivity index (χ1v) is 10.5. The highest BCUT2D eigenvalue weighted by molar-refractivity contribution is 5.69. The molecule has 9 nitrogen and oxygen atoms in total. The van der Waals surface area contributed by atoms with Crippen LogP contribution in [0.25, 0.3) is 28.4 Å². The van der Waals surface area contributed by atoms with Gasteiger partial charge in [0.25, 0.3) is 0 Å². The van der Waals surface area contributed by atoms with Gasteiger partial charge in [-0.05, 0) is 52.7 Å². The molecule has 0 amide bonds. The lowest BCUT2D eigenvalue weighted by molar-refractivity contribution is 0.297. The second-order valence-corrected chi connectivity index (χ2v) is 9.52. The van der Waals surface area contributed by atoms with Crippen LogP contribution in [-0.2, 0) is 0 Å². The number of nitrogens with zero attached hydrogens (tertiary/aromatic N) is 7. The zero-order valence-electron chi connectivity index (χ0n) is 18.8. The molecule has 0 radical (unpaired) electrons. The molecule has 32 heavy (non-hydrogen) atoms. The van der Waals surface area contributed by atoms with Crippen molar-refractivity contribution in [3.63, 3.8) is 0 Å². The minimum absolute atomic E-state index is 0.0174. The normalized spacial score (nSPS) is 17.5. The van der Waals surface area contributed by atoms with Gasteiger partial charge in [0.05, 0.1) is 17.6 Å². The van der Waals surface area contributed by atoms with E-state index in [1.54, 1.807) is 30.2 Å². The van der Waals surface area contributed by atoms with E-state index in [1.807, 2.05) is 22.9 Å². The first kappa shape index (κ1) is 20.3. The molecule has 164 valence electrons. The van der Waals surface area contributed by atoms with Crippen molar-refractivity contribution in [1.82, 2.24) is 39.4 Å². The Balaban J connectivity index is 1.50. The van der Waals surface area contributed by atoms with Crippen molar-refractivity contribution in [2.75, 3.05) is 0 Å². The molecule has 0 saturated carbocycles. The summed E-state index contributed by atoms with van der Waals surface area (Å²) in [4.78, 5) is 18.0. The van der Waals surface area contributed by atoms with E-state index in [0.717, 1.165) is 12.1 Å². The van der Waals surface area contributed by atoms with Gasteiger partial charge in [0, 0.05) is 29.5 Å². The summed E-state index contributed by atoms with van der Waals surface area (Å²) >= 11 is 0. The summed E-state index contributed by atoms with van der Waals surface area (Å²) in [5.74, 6) is 1.22. The van der Waals surface area contributed by atoms with Gasteiger partial charge < -0.3 is 10.4 Å². The Bertz CT molecular complexity index is 1360. The second-order valence-electron chi connectivity index (χ2n) is 9.52. The average molecular weight is 431 g/mol. The van der Waals surface area contributed by atoms with Gasteiger partial charge in [-0.3, -0.25) is 4.40 Å². The number of hydrogen-bond donors (Lipinski definition) is 2. The molecule has 0 saturated heterocycles. The van der Waals surface area contributed by atoms with Crippen molar-refractivity contribution >= 4 is 11.4 Å². The van der Waals surface area contributed by atoms with Crippen LogP contribution in [0.15, 0.2) is 43.1 Å². The van der Waals surface area contributed by atoms with Gasteiger partial charge in [-0.25, -0.2) is 24.6 Å². The number of rotatable bonds is 3. The quantitative estimate of drug-likeness (QED) is 0.513. The van der Waals surface area contributed by atoms with E-state index in [0.29, 0.717) is 28.7 Å². The first-order chi connectivity index (χ1) is 15.1. The third-order valence-electron chi connectivity index (χ3n) is 5.45. The van der Waals surface area contributed by atoms with Crippen LogP contribution in [0.2, 0.25) is 0 Å². The van der Waals surface area contributed by atoms with E-state index >= 15 is 0 Å². The second kappa shape index (κ2) is 6.96. The van der Waals surface area contributed by atoms with Gasteiger partial charge in [-0.2, -0.15) is 5.10 Å². The molecule has 9 heteroatoms. The molecule has 0 aromatic carbocycles. The van der Waals surface area contributed by atoms with E-state index < -0.39 is 0 Å². The van der Waals surface area contributed by atoms with E-state index in [4.69, 9.17) is 4.98 Å². The van der Waals surface area contributed by atoms with Crippen LogP contribution in [0.4, 0.5) is 0 Å². The predicted octanol–water partition coefficient (Wildman–Crippen LogP) is 3.32. The summed E-state index contributed by atoms with van der Waals surface area (Å²) in [7, 11) is 0. The van der Waals surface area contributed by atoms with Gasteiger partial charge in [0.1, 0.15) is 29.3 Å². The van der Waals surface area contributed by atoms with Crippen LogP contribution >= 0.6 is 0 Å². The van der Waals surface area contributed by atoms with Gasteiger partial charge in [-0.15, -0.1) is 0 Å². The number of aryl methyl sites for hydroxylation is 1. The number of fused-ring (bicyclic) bond motifs is 1. The number of nitrogens with one attached hydrogen (secondary N) is 1. The van der Waals surface area contributed by atoms with E-state index in [9.17, 15) is 5.11 Å². The molecule has 1 aliphatic rings. The van der Waals surface area contributed by atoms with Crippen LogP contribution in [0.1, 0.15) is 45.6 Å². The number of pyridine rings is 1. The molecule has 1 aliphatic heterocycles. The van der Waals surface area contributed by atoms with Crippen LogP contribution in [0, 0.1) is 6.92 Å². The number of hydrogen-bond acceptors (Lipinski definition) is 7. The molecule has 0 atom stereocenters. The smallest absolute Gasteiger partial charge is 0.234 e. The van der Waals surface area contributed by atoms with Crippen molar-refractivity contribution in [2.24, 2.45) is 0 Å². The van der Waals surface area contributed by atoms with Crippen molar-refractivity contribution in [3.8, 4) is 22.8 Å². The standard InChI is InChI=1S/C23H26N8O/c1-14-25-13-31(28-14)16-8-19(32)20(24-11-16)18-12-30-7-6-17(26-21(30)27-18)15-9-22(2,3)29-23(4,5)10-15/h6-9,11-13,29,32H,10H2,1-5H3. The predicted molar refractivity (Wildman–Crippen MR) is 121 cm³/mol. The summed E-state index contributed by atoms with van der Waals surface area (Å²) < 4.78 is 3.41. The van der Waals surface area contributed by atoms with Crippen molar-refractivity contribution in [1.29, 1.82) is 0 Å². The molecular weight excluding hydrogens is 404 g/mol. The van der Waals surface area contributed by atoms with Gasteiger partial charge in [-0.1, -0.05) is 6.08 Å². The number of imidazole rings is 1. The summed E-state index contributed by atoms with van der Waals surface area (Å²) in [6, 6.07) is 3.61. The molecule has 5 heterocycles. The average Bonchev–Trinajstić information content (AvgIpc) is 3.30. The summed E-state index contributed by atoms with van der Waals surface area (Å²) in [5, 5.41) is 18.5. The molecule has 0 fully saturated rings. The molecule has 0 aliphatic carbocycles. The maximum atomic E-state index is 10.6. The molecule has 0 bridgehead atoms. The van der Waals surface area contributed by atoms with E-state index in [2.05, 4.69) is 59.1 Å². The molecule has 5 rings (SSSR count). The summed E-state index contributed by atoms with van der Waals surface area (Å²) in [6.07, 6.45) is 10.1. The lowest BCUT2D eigenvalue weighted by atomic mass is 9.82. The molecule has 4 aromatic rings. The van der Waals surface area contributed by atoms with Crippen LogP contribution in [0.5, 0.6) is 5.75 Å². The Hall–Kier alpha value is -3.59. The highest BCUT2D eigenvalue weighted by atomic mass is 16.3. The number of aromatic hydroxyl groups is 1. The maximum absolute atomic E-state index is 10.6. The van der Waals surface area contributed by atoms with Gasteiger partial charge >= 0.3 is 0 Å².